The van der Waals surface area contributed by atoms with Crippen LogP contribution in [0, 0.1) is 5.82 Å². The monoisotopic (exact) mass is 426 g/mol. The van der Waals surface area contributed by atoms with Gasteiger partial charge in [0.2, 0.25) is 5.91 Å². The highest BCUT2D eigenvalue weighted by molar-refractivity contribution is 8.15. The Bertz CT molecular complexity index is 939. The van der Waals surface area contributed by atoms with Crippen LogP contribution in [0.3, 0.4) is 0 Å². The van der Waals surface area contributed by atoms with Gasteiger partial charge in [-0.2, -0.15) is 0 Å². The fraction of sp³-hybridized carbons (Fsp3) is 0.167. The highest BCUT2D eigenvalue weighted by Gasteiger charge is 2.32. The third kappa shape index (κ3) is 4.61. The fourth-order valence-electron chi connectivity index (χ4n) is 2.56. The summed E-state index contributed by atoms with van der Waals surface area (Å²) in [6.45, 7) is -0.00478. The lowest BCUT2D eigenvalue weighted by Crippen LogP contribution is -2.26. The van der Waals surface area contributed by atoms with E-state index in [0.29, 0.717) is 16.1 Å². The van der Waals surface area contributed by atoms with Crippen molar-refractivity contribution in [2.45, 2.75) is 18.2 Å². The zero-order valence-electron chi connectivity index (χ0n) is 13.7. The molecule has 1 saturated heterocycles. The van der Waals surface area contributed by atoms with Gasteiger partial charge in [0.15, 0.2) is 0 Å². The Morgan fingerprint density at radius 2 is 1.89 bits per heavy atom. The molecule has 140 valence electrons. The zero-order chi connectivity index (χ0) is 19.6. The number of nitrogens with one attached hydrogen (secondary N) is 2. The molecule has 1 unspecified atom stereocenters. The van der Waals surface area contributed by atoms with Gasteiger partial charge in [-0.3, -0.25) is 19.7 Å². The number of benzene rings is 2. The second-order valence-electron chi connectivity index (χ2n) is 5.78. The van der Waals surface area contributed by atoms with Crippen LogP contribution in [0.5, 0.6) is 0 Å². The maximum absolute atomic E-state index is 13.7. The maximum Gasteiger partial charge on any atom is 0.286 e. The van der Waals surface area contributed by atoms with Crippen LogP contribution in [0.2, 0.25) is 10.0 Å². The lowest BCUT2D eigenvalue weighted by atomic mass is 10.0. The SMILES string of the molecule is O=C1NC(=O)C(Cc2cc(C(=O)NCc3ccccc3F)c(Cl)cc2Cl)S1. The van der Waals surface area contributed by atoms with Crippen molar-refractivity contribution in [1.29, 1.82) is 0 Å². The van der Waals surface area contributed by atoms with E-state index in [1.165, 1.54) is 18.2 Å². The van der Waals surface area contributed by atoms with Crippen LogP contribution in [0.1, 0.15) is 21.5 Å². The first-order chi connectivity index (χ1) is 12.8. The van der Waals surface area contributed by atoms with Crippen molar-refractivity contribution >= 4 is 52.0 Å². The first-order valence-corrected chi connectivity index (χ1v) is 9.49. The highest BCUT2D eigenvalue weighted by atomic mass is 35.5. The minimum atomic E-state index is -0.620. The lowest BCUT2D eigenvalue weighted by Gasteiger charge is -2.12. The average Bonchev–Trinajstić information content (AvgIpc) is 2.93. The first-order valence-electron chi connectivity index (χ1n) is 7.86. The topological polar surface area (TPSA) is 75.3 Å². The molecule has 2 aromatic carbocycles. The molecule has 1 aliphatic rings. The van der Waals surface area contributed by atoms with E-state index >= 15 is 0 Å². The Hall–Kier alpha value is -2.09. The molecular weight excluding hydrogens is 414 g/mol. The van der Waals surface area contributed by atoms with Gasteiger partial charge in [0.05, 0.1) is 15.8 Å². The van der Waals surface area contributed by atoms with Gasteiger partial charge in [0.25, 0.3) is 11.1 Å². The summed E-state index contributed by atoms with van der Waals surface area (Å²) >= 11 is 13.2. The molecule has 9 heteroatoms. The van der Waals surface area contributed by atoms with Crippen LogP contribution in [0.25, 0.3) is 0 Å². The molecule has 3 amide bonds. The second-order valence-corrected chi connectivity index (χ2v) is 7.77. The third-order valence-electron chi connectivity index (χ3n) is 3.95. The molecule has 0 aliphatic carbocycles. The van der Waals surface area contributed by atoms with E-state index in [1.807, 2.05) is 0 Å². The Balaban J connectivity index is 1.76. The van der Waals surface area contributed by atoms with Crippen molar-refractivity contribution in [1.82, 2.24) is 10.6 Å². The summed E-state index contributed by atoms with van der Waals surface area (Å²) in [6, 6.07) is 9.00. The summed E-state index contributed by atoms with van der Waals surface area (Å²) in [5.41, 5.74) is 1.01. The number of amides is 3. The summed E-state index contributed by atoms with van der Waals surface area (Å²) in [7, 11) is 0. The van der Waals surface area contributed by atoms with Crippen LogP contribution in [-0.2, 0) is 17.8 Å². The van der Waals surface area contributed by atoms with Crippen molar-refractivity contribution in [2.24, 2.45) is 0 Å². The van der Waals surface area contributed by atoms with Crippen LogP contribution < -0.4 is 10.6 Å². The normalized spacial score (nSPS) is 16.3. The molecule has 0 spiro atoms. The Labute approximate surface area is 168 Å². The summed E-state index contributed by atoms with van der Waals surface area (Å²) < 4.78 is 13.7. The molecule has 1 aliphatic heterocycles. The van der Waals surface area contributed by atoms with E-state index in [1.54, 1.807) is 18.2 Å². The van der Waals surface area contributed by atoms with Crippen LogP contribution in [0.4, 0.5) is 9.18 Å². The molecule has 0 radical (unpaired) electrons. The standard InChI is InChI=1S/C18H13Cl2FN2O3S/c19-12-7-13(20)11(5-10(12)6-15-17(25)23-18(26)27-15)16(24)22-8-9-3-1-2-4-14(9)21/h1-5,7,15H,6,8H2,(H,22,24)(H,23,25,26). The van der Waals surface area contributed by atoms with E-state index in [-0.39, 0.29) is 23.6 Å². The molecular formula is C18H13Cl2FN2O3S. The van der Waals surface area contributed by atoms with Crippen molar-refractivity contribution in [3.8, 4) is 0 Å². The van der Waals surface area contributed by atoms with Crippen molar-refractivity contribution < 1.29 is 18.8 Å². The number of halogens is 3. The van der Waals surface area contributed by atoms with Crippen molar-refractivity contribution in [3.63, 3.8) is 0 Å². The summed E-state index contributed by atoms with van der Waals surface area (Å²) in [5, 5.41) is 4.19. The van der Waals surface area contributed by atoms with Gasteiger partial charge in [-0.05, 0) is 30.2 Å². The Morgan fingerprint density at radius 1 is 1.15 bits per heavy atom. The van der Waals surface area contributed by atoms with Crippen molar-refractivity contribution in [2.75, 3.05) is 0 Å². The smallest absolute Gasteiger partial charge is 0.286 e. The van der Waals surface area contributed by atoms with Gasteiger partial charge in [-0.15, -0.1) is 0 Å². The number of hydrogen-bond donors (Lipinski definition) is 2. The lowest BCUT2D eigenvalue weighted by molar-refractivity contribution is -0.118. The number of thioether (sulfide) groups is 1. The van der Waals surface area contributed by atoms with E-state index < -0.39 is 28.1 Å². The molecule has 2 N–H and O–H groups in total. The van der Waals surface area contributed by atoms with Gasteiger partial charge in [-0.25, -0.2) is 4.39 Å². The zero-order valence-corrected chi connectivity index (χ0v) is 16.1. The number of carbonyl (C=O) groups is 3. The minimum Gasteiger partial charge on any atom is -0.348 e. The number of hydrogen-bond acceptors (Lipinski definition) is 4. The summed E-state index contributed by atoms with van der Waals surface area (Å²) in [6.07, 6.45) is 0.172. The van der Waals surface area contributed by atoms with E-state index in [0.717, 1.165) is 11.8 Å². The number of carbonyl (C=O) groups excluding carboxylic acids is 3. The van der Waals surface area contributed by atoms with Gasteiger partial charge in [0.1, 0.15) is 5.82 Å². The van der Waals surface area contributed by atoms with Gasteiger partial charge in [0, 0.05) is 17.1 Å². The minimum absolute atomic E-state index is 0.00478. The second kappa shape index (κ2) is 8.29. The largest absolute Gasteiger partial charge is 0.348 e. The quantitative estimate of drug-likeness (QED) is 0.758. The van der Waals surface area contributed by atoms with E-state index in [2.05, 4.69) is 10.6 Å². The maximum atomic E-state index is 13.7. The third-order valence-corrected chi connectivity index (χ3v) is 5.60. The predicted molar refractivity (Wildman–Crippen MR) is 103 cm³/mol. The molecule has 0 bridgehead atoms. The Morgan fingerprint density at radius 3 is 2.56 bits per heavy atom. The molecule has 1 fully saturated rings. The van der Waals surface area contributed by atoms with Gasteiger partial charge < -0.3 is 5.32 Å². The fourth-order valence-corrected chi connectivity index (χ4v) is 3.96. The number of rotatable bonds is 5. The van der Waals surface area contributed by atoms with Crippen LogP contribution in [-0.4, -0.2) is 22.3 Å². The molecule has 3 rings (SSSR count). The van der Waals surface area contributed by atoms with Crippen molar-refractivity contribution in [3.05, 3.63) is 69.0 Å². The van der Waals surface area contributed by atoms with Gasteiger partial charge >= 0.3 is 0 Å². The molecule has 27 heavy (non-hydrogen) atoms. The molecule has 5 nitrogen and oxygen atoms in total. The average molecular weight is 427 g/mol. The van der Waals surface area contributed by atoms with E-state index in [9.17, 15) is 18.8 Å². The molecule has 0 saturated carbocycles. The summed E-state index contributed by atoms with van der Waals surface area (Å²) in [5.74, 6) is -1.32. The first kappa shape index (κ1) is 19.7. The molecule has 2 aromatic rings. The van der Waals surface area contributed by atoms with Crippen LogP contribution in [0.15, 0.2) is 36.4 Å². The molecule has 1 atom stereocenters. The number of imide groups is 1. The summed E-state index contributed by atoms with van der Waals surface area (Å²) in [4.78, 5) is 35.5. The molecule has 1 heterocycles. The molecule has 0 aromatic heterocycles. The predicted octanol–water partition coefficient (Wildman–Crippen LogP) is 3.96. The van der Waals surface area contributed by atoms with E-state index in [4.69, 9.17) is 23.2 Å². The Kier molecular flexibility index (Phi) is 6.04. The highest BCUT2D eigenvalue weighted by Crippen LogP contribution is 2.30. The van der Waals surface area contributed by atoms with Crippen LogP contribution >= 0.6 is 35.0 Å². The van der Waals surface area contributed by atoms with Gasteiger partial charge in [-0.1, -0.05) is 53.2 Å².